The highest BCUT2D eigenvalue weighted by Crippen LogP contribution is 2.29. The lowest BCUT2D eigenvalue weighted by molar-refractivity contribution is 0.0956. The summed E-state index contributed by atoms with van der Waals surface area (Å²) in [6, 6.07) is 29.3. The highest BCUT2D eigenvalue weighted by atomic mass is 35.5. The molecular weight excluding hydrogens is 563 g/mol. The van der Waals surface area contributed by atoms with Crippen LogP contribution in [0.3, 0.4) is 0 Å². The number of carbonyl (C=O) groups is 1. The van der Waals surface area contributed by atoms with Gasteiger partial charge in [-0.1, -0.05) is 77.3 Å². The maximum Gasteiger partial charge on any atom is 0.272 e. The average Bonchev–Trinajstić information content (AvgIpc) is 3.25. The van der Waals surface area contributed by atoms with Crippen LogP contribution in [-0.4, -0.2) is 21.7 Å². The maximum absolute atomic E-state index is 13.6. The summed E-state index contributed by atoms with van der Waals surface area (Å²) in [5.74, 6) is -0.307. The molecule has 1 N–H and O–H groups in total. The second-order valence-electron chi connectivity index (χ2n) is 10.5. The lowest BCUT2D eigenvalue weighted by Crippen LogP contribution is -2.18. The van der Waals surface area contributed by atoms with Gasteiger partial charge in [0.15, 0.2) is 0 Å². The van der Waals surface area contributed by atoms with E-state index < -0.39 is 0 Å². The van der Waals surface area contributed by atoms with Gasteiger partial charge in [-0.05, 0) is 74.4 Å². The molecule has 0 spiro atoms. The SMILES string of the molecule is Cc1ccc2nc(-c3ccc(Cl)cc3)cc(C(=O)N/N=C/c3c(C)n(Cc4ccc(Cl)cc4)c4c(C)cccc34)c2c1. The summed E-state index contributed by atoms with van der Waals surface area (Å²) >= 11 is 12.2. The first-order valence-electron chi connectivity index (χ1n) is 13.6. The molecule has 0 saturated heterocycles. The Kier molecular flexibility index (Phi) is 7.55. The molecule has 6 aromatic rings. The number of benzene rings is 4. The summed E-state index contributed by atoms with van der Waals surface area (Å²) in [6.07, 6.45) is 1.74. The third-order valence-electron chi connectivity index (χ3n) is 7.56. The lowest BCUT2D eigenvalue weighted by atomic mass is 10.0. The highest BCUT2D eigenvalue weighted by molar-refractivity contribution is 6.30. The van der Waals surface area contributed by atoms with Crippen molar-refractivity contribution < 1.29 is 4.79 Å². The first-order chi connectivity index (χ1) is 20.3. The van der Waals surface area contributed by atoms with Crippen LogP contribution in [0.4, 0.5) is 0 Å². The number of nitrogens with zero attached hydrogens (tertiary/aromatic N) is 3. The zero-order chi connectivity index (χ0) is 29.4. The van der Waals surface area contributed by atoms with E-state index in [1.807, 2.05) is 85.8 Å². The molecule has 0 fully saturated rings. The van der Waals surface area contributed by atoms with Crippen LogP contribution < -0.4 is 5.43 Å². The molecule has 208 valence electrons. The third kappa shape index (κ3) is 5.41. The molecule has 1 amide bonds. The lowest BCUT2D eigenvalue weighted by Gasteiger charge is -2.10. The molecule has 0 atom stereocenters. The molecule has 7 heteroatoms. The van der Waals surface area contributed by atoms with Gasteiger partial charge in [-0.15, -0.1) is 0 Å². The van der Waals surface area contributed by atoms with E-state index in [1.54, 1.807) is 6.21 Å². The predicted molar refractivity (Wildman–Crippen MR) is 174 cm³/mol. The monoisotopic (exact) mass is 590 g/mol. The largest absolute Gasteiger partial charge is 0.340 e. The molecule has 0 aliphatic rings. The molecule has 0 aliphatic heterocycles. The van der Waals surface area contributed by atoms with E-state index in [9.17, 15) is 4.79 Å². The maximum atomic E-state index is 13.6. The number of halogens is 2. The van der Waals surface area contributed by atoms with Gasteiger partial charge in [0.2, 0.25) is 0 Å². The molecule has 4 aromatic carbocycles. The highest BCUT2D eigenvalue weighted by Gasteiger charge is 2.17. The Balaban J connectivity index is 1.35. The minimum Gasteiger partial charge on any atom is -0.340 e. The normalized spacial score (nSPS) is 11.5. The Hall–Kier alpha value is -4.45. The number of hydrazone groups is 1. The fourth-order valence-electron chi connectivity index (χ4n) is 5.39. The Morgan fingerprint density at radius 3 is 2.33 bits per heavy atom. The standard InChI is InChI=1S/C35H28Cl2N4O/c1-21-7-16-32-29(17-21)30(18-33(39-32)25-10-14-27(37)15-11-25)35(42)40-38-19-31-23(3)41(20-24-8-12-26(36)13-9-24)34-22(2)5-4-6-28(31)34/h4-19H,20H2,1-3H3,(H,40,42)/b38-19+. The van der Waals surface area contributed by atoms with Crippen molar-refractivity contribution in [2.24, 2.45) is 5.10 Å². The summed E-state index contributed by atoms with van der Waals surface area (Å²) in [5.41, 5.74) is 12.1. The summed E-state index contributed by atoms with van der Waals surface area (Å²) in [4.78, 5) is 18.4. The minimum atomic E-state index is -0.307. The Labute approximate surface area is 254 Å². The van der Waals surface area contributed by atoms with E-state index in [0.717, 1.165) is 49.8 Å². The van der Waals surface area contributed by atoms with E-state index in [4.69, 9.17) is 28.2 Å². The van der Waals surface area contributed by atoms with Gasteiger partial charge in [-0.25, -0.2) is 10.4 Å². The second-order valence-corrected chi connectivity index (χ2v) is 11.3. The summed E-state index contributed by atoms with van der Waals surface area (Å²) in [5, 5.41) is 7.64. The number of hydrogen-bond donors (Lipinski definition) is 1. The van der Waals surface area contributed by atoms with Gasteiger partial charge in [0.05, 0.1) is 28.5 Å². The quantitative estimate of drug-likeness (QED) is 0.155. The van der Waals surface area contributed by atoms with Gasteiger partial charge in [0.1, 0.15) is 0 Å². The first-order valence-corrected chi connectivity index (χ1v) is 14.4. The molecule has 42 heavy (non-hydrogen) atoms. The van der Waals surface area contributed by atoms with Crippen molar-refractivity contribution in [3.05, 3.63) is 135 Å². The molecule has 2 heterocycles. The van der Waals surface area contributed by atoms with Crippen molar-refractivity contribution in [3.63, 3.8) is 0 Å². The molecule has 2 aromatic heterocycles. The van der Waals surface area contributed by atoms with Crippen LogP contribution >= 0.6 is 23.2 Å². The van der Waals surface area contributed by atoms with E-state index in [0.29, 0.717) is 27.8 Å². The van der Waals surface area contributed by atoms with Crippen LogP contribution in [0.5, 0.6) is 0 Å². The first kappa shape index (κ1) is 27.7. The van der Waals surface area contributed by atoms with Crippen molar-refractivity contribution in [2.75, 3.05) is 0 Å². The summed E-state index contributed by atoms with van der Waals surface area (Å²) in [7, 11) is 0. The van der Waals surface area contributed by atoms with Gasteiger partial charge in [0, 0.05) is 44.2 Å². The van der Waals surface area contributed by atoms with Crippen molar-refractivity contribution >= 4 is 57.1 Å². The van der Waals surface area contributed by atoms with E-state index in [2.05, 4.69) is 41.1 Å². The second kappa shape index (κ2) is 11.4. The predicted octanol–water partition coefficient (Wildman–Crippen LogP) is 8.90. The fraction of sp³-hybridized carbons (Fsp3) is 0.114. The van der Waals surface area contributed by atoms with Crippen molar-refractivity contribution in [1.82, 2.24) is 15.0 Å². The van der Waals surface area contributed by atoms with Crippen molar-refractivity contribution in [3.8, 4) is 11.3 Å². The fourth-order valence-corrected chi connectivity index (χ4v) is 5.64. The zero-order valence-corrected chi connectivity index (χ0v) is 25.0. The molecule has 0 unspecified atom stereocenters. The molecule has 0 radical (unpaired) electrons. The smallest absolute Gasteiger partial charge is 0.272 e. The number of amides is 1. The van der Waals surface area contributed by atoms with Gasteiger partial charge >= 0.3 is 0 Å². The van der Waals surface area contributed by atoms with Gasteiger partial charge < -0.3 is 4.57 Å². The molecular formula is C35H28Cl2N4O. The number of aryl methyl sites for hydroxylation is 2. The minimum absolute atomic E-state index is 0.307. The van der Waals surface area contributed by atoms with E-state index in [-0.39, 0.29) is 5.91 Å². The Bertz CT molecular complexity index is 1990. The van der Waals surface area contributed by atoms with Crippen LogP contribution in [0.2, 0.25) is 10.0 Å². The third-order valence-corrected chi connectivity index (χ3v) is 8.06. The summed E-state index contributed by atoms with van der Waals surface area (Å²) < 4.78 is 2.29. The zero-order valence-electron chi connectivity index (χ0n) is 23.5. The van der Waals surface area contributed by atoms with Crippen molar-refractivity contribution in [2.45, 2.75) is 27.3 Å². The van der Waals surface area contributed by atoms with E-state index >= 15 is 0 Å². The van der Waals surface area contributed by atoms with E-state index in [1.165, 1.54) is 5.56 Å². The molecule has 0 aliphatic carbocycles. The van der Waals surface area contributed by atoms with Gasteiger partial charge in [0.25, 0.3) is 5.91 Å². The topological polar surface area (TPSA) is 59.3 Å². The van der Waals surface area contributed by atoms with Crippen LogP contribution in [0.1, 0.15) is 38.3 Å². The Morgan fingerprint density at radius 2 is 1.60 bits per heavy atom. The van der Waals surface area contributed by atoms with Crippen LogP contribution in [0.15, 0.2) is 96.1 Å². The van der Waals surface area contributed by atoms with Crippen LogP contribution in [0, 0.1) is 20.8 Å². The number of carbonyl (C=O) groups excluding carboxylic acids is 1. The molecule has 0 saturated carbocycles. The number of hydrogen-bond acceptors (Lipinski definition) is 3. The van der Waals surface area contributed by atoms with Gasteiger partial charge in [-0.2, -0.15) is 5.10 Å². The number of nitrogens with one attached hydrogen (secondary N) is 1. The number of aromatic nitrogens is 2. The number of para-hydroxylation sites is 1. The van der Waals surface area contributed by atoms with Gasteiger partial charge in [-0.3, -0.25) is 4.79 Å². The van der Waals surface area contributed by atoms with Crippen molar-refractivity contribution in [1.29, 1.82) is 0 Å². The molecule has 5 nitrogen and oxygen atoms in total. The van der Waals surface area contributed by atoms with Crippen LogP contribution in [0.25, 0.3) is 33.1 Å². The average molecular weight is 592 g/mol. The summed E-state index contributed by atoms with van der Waals surface area (Å²) in [6.45, 7) is 6.88. The number of rotatable bonds is 6. The molecule has 0 bridgehead atoms. The Morgan fingerprint density at radius 1 is 0.881 bits per heavy atom. The number of fused-ring (bicyclic) bond motifs is 2. The number of pyridine rings is 1. The van der Waals surface area contributed by atoms with Crippen LogP contribution in [-0.2, 0) is 6.54 Å². The molecule has 6 rings (SSSR count).